The first kappa shape index (κ1) is 12.6. The van der Waals surface area contributed by atoms with Crippen molar-refractivity contribution in [1.29, 1.82) is 0 Å². The summed E-state index contributed by atoms with van der Waals surface area (Å²) in [5.74, 6) is -0.831. The molecule has 0 saturated heterocycles. The summed E-state index contributed by atoms with van der Waals surface area (Å²) < 4.78 is 0. The maximum atomic E-state index is 11.2. The van der Waals surface area contributed by atoms with Gasteiger partial charge in [-0.1, -0.05) is 42.1 Å². The largest absolute Gasteiger partial charge is 0.480 e. The second-order valence-electron chi connectivity index (χ2n) is 3.68. The SMILES string of the molecule is O=C(O)C(Cc1ccccc1)Sc1ccncn1. The Labute approximate surface area is 109 Å². The first-order valence-electron chi connectivity index (χ1n) is 5.45. The van der Waals surface area contributed by atoms with Gasteiger partial charge in [0.25, 0.3) is 0 Å². The van der Waals surface area contributed by atoms with Gasteiger partial charge in [-0.25, -0.2) is 9.97 Å². The predicted molar refractivity (Wildman–Crippen MR) is 69.5 cm³/mol. The smallest absolute Gasteiger partial charge is 0.317 e. The van der Waals surface area contributed by atoms with Gasteiger partial charge < -0.3 is 5.11 Å². The van der Waals surface area contributed by atoms with Gasteiger partial charge in [0.2, 0.25) is 0 Å². The van der Waals surface area contributed by atoms with E-state index in [-0.39, 0.29) is 0 Å². The van der Waals surface area contributed by atoms with E-state index in [2.05, 4.69) is 9.97 Å². The third kappa shape index (κ3) is 3.56. The molecule has 0 aliphatic heterocycles. The normalized spacial score (nSPS) is 12.0. The molecule has 0 radical (unpaired) electrons. The molecule has 0 fully saturated rings. The fourth-order valence-corrected chi connectivity index (χ4v) is 2.42. The van der Waals surface area contributed by atoms with Crippen molar-refractivity contribution in [3.63, 3.8) is 0 Å². The lowest BCUT2D eigenvalue weighted by atomic mass is 10.1. The molecule has 5 heteroatoms. The summed E-state index contributed by atoms with van der Waals surface area (Å²) in [5.41, 5.74) is 1.01. The van der Waals surface area contributed by atoms with Gasteiger partial charge in [-0.15, -0.1) is 0 Å². The molecule has 0 aliphatic carbocycles. The van der Waals surface area contributed by atoms with Crippen molar-refractivity contribution in [2.75, 3.05) is 0 Å². The number of rotatable bonds is 5. The summed E-state index contributed by atoms with van der Waals surface area (Å²) in [6, 6.07) is 11.3. The zero-order chi connectivity index (χ0) is 12.8. The Morgan fingerprint density at radius 1 is 1.28 bits per heavy atom. The van der Waals surface area contributed by atoms with Gasteiger partial charge in [0, 0.05) is 6.20 Å². The van der Waals surface area contributed by atoms with Crippen LogP contribution in [0, 0.1) is 0 Å². The number of hydrogen-bond donors (Lipinski definition) is 1. The lowest BCUT2D eigenvalue weighted by Crippen LogP contribution is -2.19. The van der Waals surface area contributed by atoms with Gasteiger partial charge in [0.05, 0.1) is 0 Å². The molecule has 2 rings (SSSR count). The highest BCUT2D eigenvalue weighted by Gasteiger charge is 2.19. The Balaban J connectivity index is 2.08. The van der Waals surface area contributed by atoms with E-state index in [1.165, 1.54) is 18.1 Å². The van der Waals surface area contributed by atoms with Crippen molar-refractivity contribution < 1.29 is 9.90 Å². The standard InChI is InChI=1S/C13H12N2O2S/c16-13(17)11(8-10-4-2-1-3-5-10)18-12-6-7-14-9-15-12/h1-7,9,11H,8H2,(H,16,17). The minimum Gasteiger partial charge on any atom is -0.480 e. The van der Waals surface area contributed by atoms with Crippen LogP contribution in [-0.2, 0) is 11.2 Å². The third-order valence-electron chi connectivity index (χ3n) is 2.36. The number of aliphatic carboxylic acids is 1. The van der Waals surface area contributed by atoms with Crippen molar-refractivity contribution in [3.05, 3.63) is 54.5 Å². The molecule has 1 atom stereocenters. The molecule has 1 N–H and O–H groups in total. The van der Waals surface area contributed by atoms with Crippen molar-refractivity contribution in [2.45, 2.75) is 16.7 Å². The van der Waals surface area contributed by atoms with Crippen LogP contribution < -0.4 is 0 Å². The average Bonchev–Trinajstić information content (AvgIpc) is 2.40. The van der Waals surface area contributed by atoms with E-state index >= 15 is 0 Å². The second kappa shape index (κ2) is 6.16. The first-order valence-corrected chi connectivity index (χ1v) is 6.33. The Kier molecular flexibility index (Phi) is 4.30. The van der Waals surface area contributed by atoms with Crippen LogP contribution in [-0.4, -0.2) is 26.3 Å². The number of thioether (sulfide) groups is 1. The molecule has 1 aromatic carbocycles. The van der Waals surface area contributed by atoms with E-state index in [0.29, 0.717) is 11.4 Å². The van der Waals surface area contributed by atoms with Gasteiger partial charge in [-0.2, -0.15) is 0 Å². The maximum absolute atomic E-state index is 11.2. The number of nitrogens with zero attached hydrogens (tertiary/aromatic N) is 2. The van der Waals surface area contributed by atoms with E-state index in [0.717, 1.165) is 5.56 Å². The predicted octanol–water partition coefficient (Wildman–Crippen LogP) is 2.26. The van der Waals surface area contributed by atoms with Gasteiger partial charge in [-0.3, -0.25) is 4.79 Å². The number of benzene rings is 1. The summed E-state index contributed by atoms with van der Waals surface area (Å²) >= 11 is 1.24. The van der Waals surface area contributed by atoms with E-state index < -0.39 is 11.2 Å². The lowest BCUT2D eigenvalue weighted by Gasteiger charge is -2.11. The molecule has 0 amide bonds. The van der Waals surface area contributed by atoms with Crippen LogP contribution in [0.25, 0.3) is 0 Å². The highest BCUT2D eigenvalue weighted by molar-refractivity contribution is 8.00. The number of carbonyl (C=O) groups is 1. The summed E-state index contributed by atoms with van der Waals surface area (Å²) in [4.78, 5) is 19.1. The summed E-state index contributed by atoms with van der Waals surface area (Å²) in [6.07, 6.45) is 3.51. The topological polar surface area (TPSA) is 63.1 Å². The zero-order valence-corrected chi connectivity index (χ0v) is 10.4. The quantitative estimate of drug-likeness (QED) is 0.660. The summed E-state index contributed by atoms with van der Waals surface area (Å²) in [6.45, 7) is 0. The molecule has 1 unspecified atom stereocenters. The van der Waals surface area contributed by atoms with Crippen LogP contribution >= 0.6 is 11.8 Å². The Hall–Kier alpha value is -1.88. The average molecular weight is 260 g/mol. The van der Waals surface area contributed by atoms with E-state index in [9.17, 15) is 9.90 Å². The van der Waals surface area contributed by atoms with Gasteiger partial charge >= 0.3 is 5.97 Å². The number of carboxylic acids is 1. The molecule has 1 aromatic heterocycles. The monoisotopic (exact) mass is 260 g/mol. The van der Waals surface area contributed by atoms with Crippen LogP contribution in [0.2, 0.25) is 0 Å². The molecule has 2 aromatic rings. The molecule has 0 saturated carbocycles. The second-order valence-corrected chi connectivity index (χ2v) is 4.91. The lowest BCUT2D eigenvalue weighted by molar-refractivity contribution is -0.136. The van der Waals surface area contributed by atoms with Gasteiger partial charge in [-0.05, 0) is 18.1 Å². The van der Waals surface area contributed by atoms with Crippen molar-refractivity contribution >= 4 is 17.7 Å². The number of hydrogen-bond acceptors (Lipinski definition) is 4. The first-order chi connectivity index (χ1) is 8.75. The highest BCUT2D eigenvalue weighted by atomic mass is 32.2. The van der Waals surface area contributed by atoms with Crippen molar-refractivity contribution in [2.24, 2.45) is 0 Å². The summed E-state index contributed by atoms with van der Waals surface area (Å²) in [7, 11) is 0. The van der Waals surface area contributed by atoms with Gasteiger partial charge in [0.1, 0.15) is 16.6 Å². The van der Waals surface area contributed by atoms with Crippen LogP contribution in [0.1, 0.15) is 5.56 Å². The highest BCUT2D eigenvalue weighted by Crippen LogP contribution is 2.23. The molecule has 4 nitrogen and oxygen atoms in total. The van der Waals surface area contributed by atoms with Crippen LogP contribution in [0.4, 0.5) is 0 Å². The minimum absolute atomic E-state index is 0.477. The Morgan fingerprint density at radius 3 is 2.67 bits per heavy atom. The van der Waals surface area contributed by atoms with Gasteiger partial charge in [0.15, 0.2) is 0 Å². The van der Waals surface area contributed by atoms with Crippen LogP contribution in [0.3, 0.4) is 0 Å². The molecule has 18 heavy (non-hydrogen) atoms. The third-order valence-corrected chi connectivity index (χ3v) is 3.49. The zero-order valence-electron chi connectivity index (χ0n) is 9.56. The summed E-state index contributed by atoms with van der Waals surface area (Å²) in [5, 5.41) is 9.37. The fourth-order valence-electron chi connectivity index (χ4n) is 1.50. The molecular formula is C13H12N2O2S. The fraction of sp³-hybridized carbons (Fsp3) is 0.154. The molecular weight excluding hydrogens is 248 g/mol. The van der Waals surface area contributed by atoms with Crippen LogP contribution in [0.5, 0.6) is 0 Å². The molecule has 1 heterocycles. The number of aromatic nitrogens is 2. The molecule has 0 spiro atoms. The van der Waals surface area contributed by atoms with Crippen molar-refractivity contribution in [1.82, 2.24) is 9.97 Å². The minimum atomic E-state index is -0.831. The van der Waals surface area contributed by atoms with Crippen molar-refractivity contribution in [3.8, 4) is 0 Å². The Bertz CT molecular complexity index is 463. The molecule has 0 bridgehead atoms. The molecule has 92 valence electrons. The van der Waals surface area contributed by atoms with E-state index in [4.69, 9.17) is 0 Å². The maximum Gasteiger partial charge on any atom is 0.317 e. The van der Waals surface area contributed by atoms with E-state index in [1.807, 2.05) is 30.3 Å². The number of carboxylic acid groups (broad SMARTS) is 1. The Morgan fingerprint density at radius 2 is 2.06 bits per heavy atom. The van der Waals surface area contributed by atoms with E-state index in [1.54, 1.807) is 12.3 Å². The van der Waals surface area contributed by atoms with Crippen LogP contribution in [0.15, 0.2) is 53.9 Å². The molecule has 0 aliphatic rings.